The van der Waals surface area contributed by atoms with Gasteiger partial charge >= 0.3 is 0 Å². The Morgan fingerprint density at radius 2 is 2.03 bits per heavy atom. The van der Waals surface area contributed by atoms with Gasteiger partial charge in [0, 0.05) is 23.9 Å². The van der Waals surface area contributed by atoms with Crippen LogP contribution in [-0.2, 0) is 6.54 Å². The molecule has 0 radical (unpaired) electrons. The molecule has 0 bridgehead atoms. The van der Waals surface area contributed by atoms with Crippen LogP contribution in [0.4, 0.5) is 4.39 Å². The Hall–Kier alpha value is -3.52. The fourth-order valence-corrected chi connectivity index (χ4v) is 3.37. The van der Waals surface area contributed by atoms with Crippen LogP contribution in [0.3, 0.4) is 0 Å². The summed E-state index contributed by atoms with van der Waals surface area (Å²) in [5.41, 5.74) is 3.29. The largest absolute Gasteiger partial charge is 0.491 e. The summed E-state index contributed by atoms with van der Waals surface area (Å²) in [6, 6.07) is 14.8. The highest BCUT2D eigenvalue weighted by atomic mass is 19.1. The normalized spacial score (nSPS) is 12.1. The highest BCUT2D eigenvalue weighted by molar-refractivity contribution is 5.64. The van der Waals surface area contributed by atoms with E-state index < -0.39 is 0 Å². The molecule has 7 nitrogen and oxygen atoms in total. The van der Waals surface area contributed by atoms with Crippen LogP contribution in [0.15, 0.2) is 61.1 Å². The number of H-pyrrole nitrogens is 1. The van der Waals surface area contributed by atoms with Crippen LogP contribution in [0.1, 0.15) is 44.1 Å². The molecular formula is C24H27FN6O. The number of benzene rings is 2. The quantitative estimate of drug-likeness (QED) is 0.350. The summed E-state index contributed by atoms with van der Waals surface area (Å²) >= 11 is 0. The molecule has 166 valence electrons. The second kappa shape index (κ2) is 10.2. The Kier molecular flexibility index (Phi) is 6.91. The minimum Gasteiger partial charge on any atom is -0.491 e. The molecule has 32 heavy (non-hydrogen) atoms. The standard InChI is InChI=1S/C24H27FN6O/c1-3-4-12-32-22-11-10-18(13-21(22)25)23-19(14-26-17(2)24-27-16-28-29-24)15-31(30-23)20-8-6-5-7-9-20/h5-11,13,15-17,26H,3-4,12,14H2,1-2H3,(H,27,28,29)/t17-/m0/s1. The summed E-state index contributed by atoms with van der Waals surface area (Å²) in [6.07, 6.45) is 5.34. The van der Waals surface area contributed by atoms with Gasteiger partial charge in [0.25, 0.3) is 0 Å². The zero-order chi connectivity index (χ0) is 22.3. The van der Waals surface area contributed by atoms with Crippen LogP contribution in [0.5, 0.6) is 5.75 Å². The zero-order valence-corrected chi connectivity index (χ0v) is 18.3. The number of para-hydroxylation sites is 1. The molecule has 0 amide bonds. The lowest BCUT2D eigenvalue weighted by atomic mass is 10.1. The first kappa shape index (κ1) is 21.7. The highest BCUT2D eigenvalue weighted by Crippen LogP contribution is 2.28. The van der Waals surface area contributed by atoms with E-state index in [0.29, 0.717) is 24.4 Å². The number of nitrogens with zero attached hydrogens (tertiary/aromatic N) is 4. The Morgan fingerprint density at radius 3 is 2.75 bits per heavy atom. The van der Waals surface area contributed by atoms with E-state index in [1.807, 2.05) is 54.2 Å². The molecule has 2 heterocycles. The highest BCUT2D eigenvalue weighted by Gasteiger charge is 2.16. The second-order valence-corrected chi connectivity index (χ2v) is 7.60. The van der Waals surface area contributed by atoms with E-state index in [1.54, 1.807) is 6.07 Å². The lowest BCUT2D eigenvalue weighted by molar-refractivity contribution is 0.294. The van der Waals surface area contributed by atoms with Crippen molar-refractivity contribution in [3.05, 3.63) is 78.3 Å². The third-order valence-corrected chi connectivity index (χ3v) is 5.21. The van der Waals surface area contributed by atoms with Crippen LogP contribution in [-0.4, -0.2) is 31.6 Å². The van der Waals surface area contributed by atoms with Gasteiger partial charge in [0.05, 0.1) is 24.0 Å². The van der Waals surface area contributed by atoms with Crippen LogP contribution in [0.2, 0.25) is 0 Å². The van der Waals surface area contributed by atoms with Crippen molar-refractivity contribution in [1.29, 1.82) is 0 Å². The molecule has 0 saturated heterocycles. The van der Waals surface area contributed by atoms with E-state index in [4.69, 9.17) is 9.84 Å². The van der Waals surface area contributed by atoms with Crippen molar-refractivity contribution >= 4 is 0 Å². The maximum atomic E-state index is 14.7. The first-order chi connectivity index (χ1) is 15.7. The van der Waals surface area contributed by atoms with E-state index >= 15 is 0 Å². The zero-order valence-electron chi connectivity index (χ0n) is 18.3. The number of halogens is 1. The minimum absolute atomic E-state index is 0.0310. The van der Waals surface area contributed by atoms with Gasteiger partial charge < -0.3 is 10.1 Å². The van der Waals surface area contributed by atoms with Crippen molar-refractivity contribution in [3.8, 4) is 22.7 Å². The molecule has 0 aliphatic carbocycles. The maximum absolute atomic E-state index is 14.7. The summed E-state index contributed by atoms with van der Waals surface area (Å²) in [5, 5.41) is 15.0. The Balaban J connectivity index is 1.62. The lowest BCUT2D eigenvalue weighted by Crippen LogP contribution is -2.19. The van der Waals surface area contributed by atoms with E-state index in [-0.39, 0.29) is 17.6 Å². The summed E-state index contributed by atoms with van der Waals surface area (Å²) in [5.74, 6) is 0.631. The lowest BCUT2D eigenvalue weighted by Gasteiger charge is -2.11. The van der Waals surface area contributed by atoms with Gasteiger partial charge in [0.1, 0.15) is 12.2 Å². The van der Waals surface area contributed by atoms with Crippen molar-refractivity contribution in [2.24, 2.45) is 0 Å². The SMILES string of the molecule is CCCCOc1ccc(-c2nn(-c3ccccc3)cc2CN[C@@H](C)c2ncn[nH]2)cc1F. The minimum atomic E-state index is -0.387. The molecule has 0 aliphatic heterocycles. The molecule has 2 aromatic heterocycles. The summed E-state index contributed by atoms with van der Waals surface area (Å²) in [7, 11) is 0. The number of hydrogen-bond donors (Lipinski definition) is 2. The third kappa shape index (κ3) is 5.03. The number of aromatic nitrogens is 5. The fraction of sp³-hybridized carbons (Fsp3) is 0.292. The average Bonchev–Trinajstić information content (AvgIpc) is 3.50. The van der Waals surface area contributed by atoms with E-state index in [9.17, 15) is 4.39 Å². The molecule has 0 spiro atoms. The molecule has 4 aromatic rings. The number of aromatic amines is 1. The number of unbranched alkanes of at least 4 members (excludes halogenated alkanes) is 1. The van der Waals surface area contributed by atoms with Crippen molar-refractivity contribution < 1.29 is 9.13 Å². The van der Waals surface area contributed by atoms with Crippen LogP contribution < -0.4 is 10.1 Å². The first-order valence-corrected chi connectivity index (χ1v) is 10.8. The van der Waals surface area contributed by atoms with Gasteiger partial charge in [-0.25, -0.2) is 14.1 Å². The van der Waals surface area contributed by atoms with Gasteiger partial charge in [0.15, 0.2) is 11.6 Å². The van der Waals surface area contributed by atoms with Crippen LogP contribution in [0.25, 0.3) is 16.9 Å². The Bertz CT molecular complexity index is 1130. The molecular weight excluding hydrogens is 407 g/mol. The number of rotatable bonds is 10. The Morgan fingerprint density at radius 1 is 1.19 bits per heavy atom. The van der Waals surface area contributed by atoms with Gasteiger partial charge in [-0.2, -0.15) is 10.2 Å². The van der Waals surface area contributed by atoms with Gasteiger partial charge in [-0.05, 0) is 43.7 Å². The summed E-state index contributed by atoms with van der Waals surface area (Å²) in [4.78, 5) is 4.20. The van der Waals surface area contributed by atoms with Gasteiger partial charge in [0.2, 0.25) is 0 Å². The number of nitrogens with one attached hydrogen (secondary N) is 2. The molecule has 1 atom stereocenters. The Labute approximate surface area is 186 Å². The summed E-state index contributed by atoms with van der Waals surface area (Å²) < 4.78 is 22.1. The topological polar surface area (TPSA) is 80.7 Å². The molecule has 4 rings (SSSR count). The van der Waals surface area contributed by atoms with Crippen LogP contribution in [0, 0.1) is 5.82 Å². The second-order valence-electron chi connectivity index (χ2n) is 7.60. The van der Waals surface area contributed by atoms with Gasteiger partial charge in [-0.3, -0.25) is 5.10 Å². The summed E-state index contributed by atoms with van der Waals surface area (Å²) in [6.45, 7) is 5.11. The average molecular weight is 435 g/mol. The third-order valence-electron chi connectivity index (χ3n) is 5.21. The molecule has 0 unspecified atom stereocenters. The van der Waals surface area contributed by atoms with Crippen molar-refractivity contribution in [1.82, 2.24) is 30.3 Å². The van der Waals surface area contributed by atoms with Crippen molar-refractivity contribution in [3.63, 3.8) is 0 Å². The maximum Gasteiger partial charge on any atom is 0.165 e. The number of hydrogen-bond acceptors (Lipinski definition) is 5. The first-order valence-electron chi connectivity index (χ1n) is 10.8. The molecule has 0 aliphatic rings. The number of ether oxygens (including phenoxy) is 1. The van der Waals surface area contributed by atoms with Crippen LogP contribution >= 0.6 is 0 Å². The molecule has 8 heteroatoms. The van der Waals surface area contributed by atoms with E-state index in [0.717, 1.165) is 29.9 Å². The van der Waals surface area contributed by atoms with Gasteiger partial charge in [-0.1, -0.05) is 31.5 Å². The molecule has 0 fully saturated rings. The van der Waals surface area contributed by atoms with E-state index in [1.165, 1.54) is 12.4 Å². The molecule has 2 N–H and O–H groups in total. The van der Waals surface area contributed by atoms with Gasteiger partial charge in [-0.15, -0.1) is 0 Å². The van der Waals surface area contributed by atoms with Crippen molar-refractivity contribution in [2.75, 3.05) is 6.61 Å². The predicted molar refractivity (Wildman–Crippen MR) is 121 cm³/mol. The van der Waals surface area contributed by atoms with E-state index in [2.05, 4.69) is 27.4 Å². The smallest absolute Gasteiger partial charge is 0.165 e. The molecule has 0 saturated carbocycles. The monoisotopic (exact) mass is 434 g/mol. The molecule has 2 aromatic carbocycles. The predicted octanol–water partition coefficient (Wildman–Crippen LogP) is 4.83. The van der Waals surface area contributed by atoms with Crippen molar-refractivity contribution in [2.45, 2.75) is 39.3 Å². The fourth-order valence-electron chi connectivity index (χ4n) is 3.37.